The van der Waals surface area contributed by atoms with Gasteiger partial charge in [0.1, 0.15) is 0 Å². The number of nitrogens with one attached hydrogen (secondary N) is 2. The highest BCUT2D eigenvalue weighted by atomic mass is 32.2. The van der Waals surface area contributed by atoms with Crippen molar-refractivity contribution in [3.8, 4) is 0 Å². The predicted molar refractivity (Wildman–Crippen MR) is 112 cm³/mol. The van der Waals surface area contributed by atoms with Crippen molar-refractivity contribution in [3.63, 3.8) is 0 Å². The molecule has 0 saturated carbocycles. The van der Waals surface area contributed by atoms with Crippen molar-refractivity contribution >= 4 is 23.4 Å². The summed E-state index contributed by atoms with van der Waals surface area (Å²) in [5.74, 6) is 3.65. The summed E-state index contributed by atoms with van der Waals surface area (Å²) in [5.41, 5.74) is 3.53. The fourth-order valence-electron chi connectivity index (χ4n) is 4.02. The van der Waals surface area contributed by atoms with Crippen molar-refractivity contribution in [3.05, 3.63) is 29.3 Å². The fourth-order valence-corrected chi connectivity index (χ4v) is 4.99. The molecule has 0 bridgehead atoms. The maximum absolute atomic E-state index is 12.6. The van der Waals surface area contributed by atoms with Crippen LogP contribution < -0.4 is 10.6 Å². The first kappa shape index (κ1) is 19.7. The third-order valence-electron chi connectivity index (χ3n) is 5.86. The van der Waals surface area contributed by atoms with Gasteiger partial charge in [0, 0.05) is 43.2 Å². The van der Waals surface area contributed by atoms with Crippen LogP contribution in [0.4, 0.5) is 5.69 Å². The molecule has 3 rings (SSSR count). The minimum atomic E-state index is 0.151. The van der Waals surface area contributed by atoms with Crippen LogP contribution in [0.3, 0.4) is 0 Å². The molecule has 144 valence electrons. The zero-order chi connectivity index (χ0) is 18.4. The van der Waals surface area contributed by atoms with E-state index in [0.717, 1.165) is 38.4 Å². The topological polar surface area (TPSA) is 44.4 Å². The molecule has 1 aromatic carbocycles. The first-order chi connectivity index (χ1) is 12.6. The Balaban J connectivity index is 1.56. The second kappa shape index (κ2) is 9.77. The van der Waals surface area contributed by atoms with Crippen LogP contribution in [0.2, 0.25) is 0 Å². The van der Waals surface area contributed by atoms with Gasteiger partial charge >= 0.3 is 0 Å². The van der Waals surface area contributed by atoms with Crippen LogP contribution in [0.1, 0.15) is 37.3 Å². The molecular formula is C21H33N3OS. The molecule has 2 aliphatic rings. The summed E-state index contributed by atoms with van der Waals surface area (Å²) in [6.07, 6.45) is 3.08. The van der Waals surface area contributed by atoms with Crippen LogP contribution >= 0.6 is 11.8 Å². The van der Waals surface area contributed by atoms with Crippen LogP contribution in [-0.2, 0) is 11.3 Å². The largest absolute Gasteiger partial charge is 0.326 e. The molecule has 2 fully saturated rings. The van der Waals surface area contributed by atoms with Gasteiger partial charge in [-0.25, -0.2) is 0 Å². The van der Waals surface area contributed by atoms with Crippen LogP contribution in [0, 0.1) is 18.8 Å². The molecular weight excluding hydrogens is 342 g/mol. The molecule has 0 aliphatic carbocycles. The van der Waals surface area contributed by atoms with Gasteiger partial charge in [0.25, 0.3) is 0 Å². The fraction of sp³-hybridized carbons (Fsp3) is 0.667. The Kier molecular flexibility index (Phi) is 7.41. The zero-order valence-corrected chi connectivity index (χ0v) is 17.0. The summed E-state index contributed by atoms with van der Waals surface area (Å²) in [6.45, 7) is 9.84. The summed E-state index contributed by atoms with van der Waals surface area (Å²) in [5, 5.41) is 6.63. The Morgan fingerprint density at radius 2 is 2.19 bits per heavy atom. The number of hydrogen-bond donors (Lipinski definition) is 2. The number of anilines is 1. The highest BCUT2D eigenvalue weighted by molar-refractivity contribution is 7.99. The van der Waals surface area contributed by atoms with E-state index in [1.807, 2.05) is 17.8 Å². The Morgan fingerprint density at radius 1 is 1.38 bits per heavy atom. The van der Waals surface area contributed by atoms with Gasteiger partial charge in [-0.05, 0) is 61.9 Å². The lowest BCUT2D eigenvalue weighted by Crippen LogP contribution is -2.34. The molecule has 1 amide bonds. The Hall–Kier alpha value is -1.04. The molecule has 0 spiro atoms. The predicted octanol–water partition coefficient (Wildman–Crippen LogP) is 3.51. The van der Waals surface area contributed by atoms with Crippen LogP contribution in [0.15, 0.2) is 18.2 Å². The van der Waals surface area contributed by atoms with Crippen molar-refractivity contribution in [1.29, 1.82) is 0 Å². The molecule has 0 radical (unpaired) electrons. The number of benzene rings is 1. The SMILES string of the molecule is Cc1c(CN2CCSCC2)cccc1NC(=O)CC(C)C1CCCNC1. The van der Waals surface area contributed by atoms with E-state index in [1.165, 1.54) is 35.5 Å². The Morgan fingerprint density at radius 3 is 2.92 bits per heavy atom. The number of hydrogen-bond acceptors (Lipinski definition) is 4. The molecule has 0 aromatic heterocycles. The maximum atomic E-state index is 12.6. The van der Waals surface area contributed by atoms with Gasteiger partial charge < -0.3 is 10.6 Å². The van der Waals surface area contributed by atoms with Crippen molar-refractivity contribution in [1.82, 2.24) is 10.2 Å². The normalized spacial score (nSPS) is 22.8. The number of nitrogens with zero attached hydrogens (tertiary/aromatic N) is 1. The van der Waals surface area contributed by atoms with Gasteiger partial charge in [0.2, 0.25) is 5.91 Å². The average molecular weight is 376 g/mol. The van der Waals surface area contributed by atoms with Crippen molar-refractivity contribution in [2.24, 2.45) is 11.8 Å². The molecule has 2 unspecified atom stereocenters. The summed E-state index contributed by atoms with van der Waals surface area (Å²) >= 11 is 2.04. The van der Waals surface area contributed by atoms with Crippen molar-refractivity contribution in [2.45, 2.75) is 39.7 Å². The number of piperidine rings is 1. The lowest BCUT2D eigenvalue weighted by molar-refractivity contribution is -0.117. The highest BCUT2D eigenvalue weighted by Gasteiger charge is 2.22. The number of carbonyl (C=O) groups excluding carboxylic acids is 1. The van der Waals surface area contributed by atoms with E-state index in [1.54, 1.807) is 0 Å². The summed E-state index contributed by atoms with van der Waals surface area (Å²) < 4.78 is 0. The molecule has 4 nitrogen and oxygen atoms in total. The third kappa shape index (κ3) is 5.48. The second-order valence-electron chi connectivity index (χ2n) is 7.81. The van der Waals surface area contributed by atoms with E-state index in [2.05, 4.69) is 41.5 Å². The smallest absolute Gasteiger partial charge is 0.224 e. The zero-order valence-electron chi connectivity index (χ0n) is 16.2. The molecule has 2 atom stereocenters. The van der Waals surface area contributed by atoms with Gasteiger partial charge in [-0.15, -0.1) is 0 Å². The van der Waals surface area contributed by atoms with Crippen molar-refractivity contribution in [2.75, 3.05) is 43.0 Å². The van der Waals surface area contributed by atoms with E-state index in [4.69, 9.17) is 0 Å². The Bertz CT molecular complexity index is 595. The first-order valence-corrected chi connectivity index (χ1v) is 11.2. The van der Waals surface area contributed by atoms with E-state index < -0.39 is 0 Å². The van der Waals surface area contributed by atoms with Crippen LogP contribution in [0.25, 0.3) is 0 Å². The van der Waals surface area contributed by atoms with E-state index in [9.17, 15) is 4.79 Å². The molecule has 2 N–H and O–H groups in total. The molecule has 1 aromatic rings. The maximum Gasteiger partial charge on any atom is 0.224 e. The van der Waals surface area contributed by atoms with Crippen molar-refractivity contribution < 1.29 is 4.79 Å². The molecule has 2 saturated heterocycles. The minimum Gasteiger partial charge on any atom is -0.326 e. The summed E-state index contributed by atoms with van der Waals surface area (Å²) in [6, 6.07) is 6.31. The first-order valence-electron chi connectivity index (χ1n) is 10.0. The standard InChI is InChI=1S/C21H33N3OS/c1-16(18-6-4-8-22-14-18)13-21(25)23-20-7-3-5-19(17(20)2)15-24-9-11-26-12-10-24/h3,5,7,16,18,22H,4,6,8-15H2,1-2H3,(H,23,25). The lowest BCUT2D eigenvalue weighted by Gasteiger charge is -2.28. The molecule has 2 aliphatic heterocycles. The molecule has 2 heterocycles. The van der Waals surface area contributed by atoms with Gasteiger partial charge in [0.15, 0.2) is 0 Å². The molecule has 26 heavy (non-hydrogen) atoms. The Labute approximate surface area is 162 Å². The third-order valence-corrected chi connectivity index (χ3v) is 6.81. The van der Waals surface area contributed by atoms with Crippen LogP contribution in [-0.4, -0.2) is 48.5 Å². The second-order valence-corrected chi connectivity index (χ2v) is 9.04. The highest BCUT2D eigenvalue weighted by Crippen LogP contribution is 2.25. The lowest BCUT2D eigenvalue weighted by atomic mass is 9.85. The summed E-state index contributed by atoms with van der Waals surface area (Å²) in [4.78, 5) is 15.1. The van der Waals surface area contributed by atoms with Gasteiger partial charge in [-0.3, -0.25) is 9.69 Å². The number of thioether (sulfide) groups is 1. The monoisotopic (exact) mass is 375 g/mol. The number of carbonyl (C=O) groups is 1. The van der Waals surface area contributed by atoms with E-state index >= 15 is 0 Å². The number of rotatable bonds is 6. The molecule has 5 heteroatoms. The van der Waals surface area contributed by atoms with Crippen LogP contribution in [0.5, 0.6) is 0 Å². The minimum absolute atomic E-state index is 0.151. The van der Waals surface area contributed by atoms with E-state index in [0.29, 0.717) is 18.3 Å². The number of amides is 1. The summed E-state index contributed by atoms with van der Waals surface area (Å²) in [7, 11) is 0. The quantitative estimate of drug-likeness (QED) is 0.799. The van der Waals surface area contributed by atoms with E-state index in [-0.39, 0.29) is 5.91 Å². The average Bonchev–Trinajstić information content (AvgIpc) is 2.66. The van der Waals surface area contributed by atoms with Gasteiger partial charge in [0.05, 0.1) is 0 Å². The van der Waals surface area contributed by atoms with Gasteiger partial charge in [-0.2, -0.15) is 11.8 Å². The van der Waals surface area contributed by atoms with Gasteiger partial charge in [-0.1, -0.05) is 19.1 Å².